The largest absolute Gasteiger partial charge is 0.338 e. The van der Waals surface area contributed by atoms with Crippen LogP contribution in [-0.4, -0.2) is 40.0 Å². The van der Waals surface area contributed by atoms with E-state index in [1.165, 1.54) is 0 Å². The molecular formula is C26H27ClFN3O. The maximum atomic E-state index is 13.4. The SMILES string of the molecule is CC(C)(C)c1cc(-c2cncc(-c3ccc(C(=O)N4CCC(F)CC4)cc3Cl)c2)ccn1. The first-order chi connectivity index (χ1) is 15.2. The van der Waals surface area contributed by atoms with Crippen LogP contribution >= 0.6 is 11.6 Å². The molecule has 3 heterocycles. The summed E-state index contributed by atoms with van der Waals surface area (Å²) in [4.78, 5) is 23.4. The third kappa shape index (κ3) is 4.83. The number of rotatable bonds is 3. The molecule has 2 aromatic heterocycles. The lowest BCUT2D eigenvalue weighted by atomic mass is 9.90. The van der Waals surface area contributed by atoms with Crippen LogP contribution in [-0.2, 0) is 5.41 Å². The Bertz CT molecular complexity index is 1130. The van der Waals surface area contributed by atoms with Gasteiger partial charge in [-0.3, -0.25) is 14.8 Å². The highest BCUT2D eigenvalue weighted by molar-refractivity contribution is 6.33. The van der Waals surface area contributed by atoms with Gasteiger partial charge in [0.1, 0.15) is 6.17 Å². The van der Waals surface area contributed by atoms with Crippen molar-refractivity contribution in [3.8, 4) is 22.3 Å². The second-order valence-corrected chi connectivity index (χ2v) is 9.71. The van der Waals surface area contributed by atoms with Gasteiger partial charge in [-0.05, 0) is 48.7 Å². The molecule has 0 aliphatic carbocycles. The quantitative estimate of drug-likeness (QED) is 0.467. The Morgan fingerprint density at radius 2 is 1.75 bits per heavy atom. The van der Waals surface area contributed by atoms with E-state index < -0.39 is 6.17 Å². The third-order valence-electron chi connectivity index (χ3n) is 5.84. The van der Waals surface area contributed by atoms with Crippen LogP contribution in [0.5, 0.6) is 0 Å². The number of piperidine rings is 1. The van der Waals surface area contributed by atoms with Gasteiger partial charge < -0.3 is 4.90 Å². The van der Waals surface area contributed by atoms with E-state index in [2.05, 4.69) is 36.8 Å². The molecule has 1 fully saturated rings. The minimum atomic E-state index is -0.815. The summed E-state index contributed by atoms with van der Waals surface area (Å²) in [5.74, 6) is -0.108. The molecule has 1 amide bonds. The van der Waals surface area contributed by atoms with Crippen LogP contribution < -0.4 is 0 Å². The number of hydrogen-bond donors (Lipinski definition) is 0. The van der Waals surface area contributed by atoms with Gasteiger partial charge in [-0.1, -0.05) is 38.4 Å². The molecule has 3 aromatic rings. The van der Waals surface area contributed by atoms with Crippen LogP contribution in [0, 0.1) is 0 Å². The number of carbonyl (C=O) groups is 1. The number of hydrogen-bond acceptors (Lipinski definition) is 3. The molecule has 0 spiro atoms. The van der Waals surface area contributed by atoms with Gasteiger partial charge in [0, 0.05) is 70.1 Å². The highest BCUT2D eigenvalue weighted by Crippen LogP contribution is 2.32. The molecule has 4 nitrogen and oxygen atoms in total. The van der Waals surface area contributed by atoms with Gasteiger partial charge in [-0.15, -0.1) is 0 Å². The lowest BCUT2D eigenvalue weighted by molar-refractivity contribution is 0.0667. The molecule has 0 bridgehead atoms. The molecule has 6 heteroatoms. The number of alkyl halides is 1. The molecule has 0 atom stereocenters. The Balaban J connectivity index is 1.60. The summed E-state index contributed by atoms with van der Waals surface area (Å²) in [6.07, 6.45) is 5.38. The molecule has 1 aliphatic rings. The number of pyridine rings is 2. The van der Waals surface area contributed by atoms with E-state index in [1.54, 1.807) is 23.2 Å². The lowest BCUT2D eigenvalue weighted by Gasteiger charge is -2.28. The second-order valence-electron chi connectivity index (χ2n) is 9.30. The van der Waals surface area contributed by atoms with E-state index in [0.717, 1.165) is 27.9 Å². The zero-order valence-electron chi connectivity index (χ0n) is 18.6. The number of likely N-dealkylation sites (tertiary alicyclic amines) is 1. The standard InChI is InChI=1S/C26H27ClFN3O/c1-26(2,3)24-14-17(6-9-30-24)19-12-20(16-29-15-19)22-5-4-18(13-23(22)27)25(32)31-10-7-21(28)8-11-31/h4-6,9,12-16,21H,7-8,10-11H2,1-3H3. The Morgan fingerprint density at radius 1 is 1.03 bits per heavy atom. The molecule has 0 radical (unpaired) electrons. The van der Waals surface area contributed by atoms with Crippen molar-refractivity contribution >= 4 is 17.5 Å². The number of carbonyl (C=O) groups excluding carboxylic acids is 1. The topological polar surface area (TPSA) is 46.1 Å². The van der Waals surface area contributed by atoms with E-state index in [-0.39, 0.29) is 11.3 Å². The number of aromatic nitrogens is 2. The minimum Gasteiger partial charge on any atom is -0.338 e. The van der Waals surface area contributed by atoms with Gasteiger partial charge in [-0.25, -0.2) is 4.39 Å². The molecular weight excluding hydrogens is 425 g/mol. The van der Waals surface area contributed by atoms with Gasteiger partial charge >= 0.3 is 0 Å². The molecule has 0 saturated carbocycles. The molecule has 0 N–H and O–H groups in total. The average molecular weight is 452 g/mol. The van der Waals surface area contributed by atoms with Crippen molar-refractivity contribution < 1.29 is 9.18 Å². The predicted octanol–water partition coefficient (Wildman–Crippen LogP) is 6.34. The maximum absolute atomic E-state index is 13.4. The van der Waals surface area contributed by atoms with E-state index in [1.807, 2.05) is 30.6 Å². The van der Waals surface area contributed by atoms with Gasteiger partial charge in [0.15, 0.2) is 0 Å². The van der Waals surface area contributed by atoms with Gasteiger partial charge in [0.25, 0.3) is 5.91 Å². The van der Waals surface area contributed by atoms with Crippen molar-refractivity contribution in [2.75, 3.05) is 13.1 Å². The summed E-state index contributed by atoms with van der Waals surface area (Å²) < 4.78 is 13.4. The minimum absolute atomic E-state index is 0.0494. The first kappa shape index (κ1) is 22.4. The van der Waals surface area contributed by atoms with Gasteiger partial charge in [0.05, 0.1) is 0 Å². The molecule has 166 valence electrons. The summed E-state index contributed by atoms with van der Waals surface area (Å²) in [5.41, 5.74) is 5.18. The van der Waals surface area contributed by atoms with E-state index >= 15 is 0 Å². The monoisotopic (exact) mass is 451 g/mol. The Labute approximate surface area is 193 Å². The maximum Gasteiger partial charge on any atom is 0.253 e. The van der Waals surface area contributed by atoms with E-state index in [9.17, 15) is 9.18 Å². The predicted molar refractivity (Wildman–Crippen MR) is 127 cm³/mol. The van der Waals surface area contributed by atoms with Gasteiger partial charge in [0.2, 0.25) is 0 Å². The summed E-state index contributed by atoms with van der Waals surface area (Å²) in [6.45, 7) is 7.28. The first-order valence-electron chi connectivity index (χ1n) is 10.9. The van der Waals surface area contributed by atoms with Crippen molar-refractivity contribution in [1.82, 2.24) is 14.9 Å². The van der Waals surface area contributed by atoms with E-state index in [0.29, 0.717) is 36.5 Å². The molecule has 1 saturated heterocycles. The molecule has 0 unspecified atom stereocenters. The fourth-order valence-electron chi connectivity index (χ4n) is 3.88. The molecule has 32 heavy (non-hydrogen) atoms. The lowest BCUT2D eigenvalue weighted by Crippen LogP contribution is -2.39. The normalized spacial score (nSPS) is 15.1. The zero-order chi connectivity index (χ0) is 22.9. The number of halogens is 2. The highest BCUT2D eigenvalue weighted by Gasteiger charge is 2.24. The zero-order valence-corrected chi connectivity index (χ0v) is 19.4. The van der Waals surface area contributed by atoms with Crippen molar-refractivity contribution in [3.05, 3.63) is 71.3 Å². The number of amides is 1. The Hall–Kier alpha value is -2.79. The van der Waals surface area contributed by atoms with Crippen LogP contribution in [0.4, 0.5) is 4.39 Å². The van der Waals surface area contributed by atoms with Crippen molar-refractivity contribution in [2.24, 2.45) is 0 Å². The average Bonchev–Trinajstić information content (AvgIpc) is 2.78. The summed E-state index contributed by atoms with van der Waals surface area (Å²) >= 11 is 6.58. The third-order valence-corrected chi connectivity index (χ3v) is 6.15. The smallest absolute Gasteiger partial charge is 0.253 e. The number of benzene rings is 1. The van der Waals surface area contributed by atoms with Crippen molar-refractivity contribution in [3.63, 3.8) is 0 Å². The first-order valence-corrected chi connectivity index (χ1v) is 11.3. The number of nitrogens with zero attached hydrogens (tertiary/aromatic N) is 3. The molecule has 4 rings (SSSR count). The Kier molecular flexibility index (Phi) is 6.29. The van der Waals surface area contributed by atoms with Crippen LogP contribution in [0.2, 0.25) is 5.02 Å². The van der Waals surface area contributed by atoms with Crippen LogP contribution in [0.25, 0.3) is 22.3 Å². The van der Waals surface area contributed by atoms with E-state index in [4.69, 9.17) is 11.6 Å². The van der Waals surface area contributed by atoms with Crippen LogP contribution in [0.3, 0.4) is 0 Å². The van der Waals surface area contributed by atoms with Crippen molar-refractivity contribution in [2.45, 2.75) is 45.2 Å². The fourth-order valence-corrected chi connectivity index (χ4v) is 4.17. The van der Waals surface area contributed by atoms with Crippen molar-refractivity contribution in [1.29, 1.82) is 0 Å². The van der Waals surface area contributed by atoms with Crippen LogP contribution in [0.1, 0.15) is 49.7 Å². The fraction of sp³-hybridized carbons (Fsp3) is 0.346. The summed E-state index contributed by atoms with van der Waals surface area (Å²) in [7, 11) is 0. The summed E-state index contributed by atoms with van der Waals surface area (Å²) in [6, 6.07) is 11.4. The summed E-state index contributed by atoms with van der Waals surface area (Å²) in [5, 5.41) is 0.486. The van der Waals surface area contributed by atoms with Gasteiger partial charge in [-0.2, -0.15) is 0 Å². The Morgan fingerprint density at radius 3 is 2.44 bits per heavy atom. The second kappa shape index (κ2) is 8.99. The molecule has 1 aromatic carbocycles. The molecule has 1 aliphatic heterocycles. The van der Waals surface area contributed by atoms with Crippen LogP contribution in [0.15, 0.2) is 55.0 Å². The highest BCUT2D eigenvalue weighted by atomic mass is 35.5.